The fraction of sp³-hybridized carbons (Fsp3) is 0.167. The maximum absolute atomic E-state index is 13.7. The maximum atomic E-state index is 13.7. The summed E-state index contributed by atoms with van der Waals surface area (Å²) in [6.07, 6.45) is 0. The summed E-state index contributed by atoms with van der Waals surface area (Å²) in [5, 5.41) is 1.93. The van der Waals surface area contributed by atoms with Crippen LogP contribution in [0, 0.1) is 5.82 Å². The summed E-state index contributed by atoms with van der Waals surface area (Å²) in [5.41, 5.74) is 6.47. The SMILES string of the molecule is COc1ccc([C@H](N)c2cccs2)c(F)c1. The monoisotopic (exact) mass is 237 g/mol. The molecule has 0 saturated carbocycles. The molecular formula is C12H12FNOS. The van der Waals surface area contributed by atoms with Gasteiger partial charge in [-0.05, 0) is 17.5 Å². The lowest BCUT2D eigenvalue weighted by molar-refractivity contribution is 0.410. The smallest absolute Gasteiger partial charge is 0.132 e. The van der Waals surface area contributed by atoms with Crippen LogP contribution in [-0.2, 0) is 0 Å². The van der Waals surface area contributed by atoms with Gasteiger partial charge < -0.3 is 10.5 Å². The minimum Gasteiger partial charge on any atom is -0.497 e. The molecule has 0 spiro atoms. The first-order valence-corrected chi connectivity index (χ1v) is 5.72. The highest BCUT2D eigenvalue weighted by atomic mass is 32.1. The largest absolute Gasteiger partial charge is 0.497 e. The second-order valence-corrected chi connectivity index (χ2v) is 4.36. The van der Waals surface area contributed by atoms with Crippen LogP contribution < -0.4 is 10.5 Å². The molecule has 0 bridgehead atoms. The van der Waals surface area contributed by atoms with Gasteiger partial charge in [0.2, 0.25) is 0 Å². The zero-order valence-electron chi connectivity index (χ0n) is 8.81. The Morgan fingerprint density at radius 2 is 2.19 bits per heavy atom. The molecule has 1 aromatic heterocycles. The molecule has 0 unspecified atom stereocenters. The molecule has 0 aliphatic carbocycles. The first-order valence-electron chi connectivity index (χ1n) is 4.85. The predicted molar refractivity (Wildman–Crippen MR) is 63.3 cm³/mol. The molecular weight excluding hydrogens is 225 g/mol. The molecule has 0 radical (unpaired) electrons. The third-order valence-electron chi connectivity index (χ3n) is 2.39. The van der Waals surface area contributed by atoms with Crippen LogP contribution in [0.25, 0.3) is 0 Å². The molecule has 2 nitrogen and oxygen atoms in total. The summed E-state index contributed by atoms with van der Waals surface area (Å²) < 4.78 is 18.7. The molecule has 1 atom stereocenters. The van der Waals surface area contributed by atoms with Gasteiger partial charge in [0.15, 0.2) is 0 Å². The molecule has 0 aliphatic rings. The van der Waals surface area contributed by atoms with Crippen LogP contribution in [0.5, 0.6) is 5.75 Å². The van der Waals surface area contributed by atoms with Crippen LogP contribution in [0.2, 0.25) is 0 Å². The van der Waals surface area contributed by atoms with Gasteiger partial charge in [0.05, 0.1) is 13.2 Å². The van der Waals surface area contributed by atoms with E-state index in [0.29, 0.717) is 11.3 Å². The topological polar surface area (TPSA) is 35.2 Å². The van der Waals surface area contributed by atoms with E-state index < -0.39 is 6.04 Å². The van der Waals surface area contributed by atoms with E-state index in [9.17, 15) is 4.39 Å². The van der Waals surface area contributed by atoms with E-state index in [-0.39, 0.29) is 5.82 Å². The van der Waals surface area contributed by atoms with Crippen LogP contribution in [0.1, 0.15) is 16.5 Å². The van der Waals surface area contributed by atoms with Crippen molar-refractivity contribution in [1.82, 2.24) is 0 Å². The van der Waals surface area contributed by atoms with E-state index in [1.165, 1.54) is 24.5 Å². The predicted octanol–water partition coefficient (Wildman–Crippen LogP) is 2.94. The van der Waals surface area contributed by atoms with E-state index in [1.807, 2.05) is 17.5 Å². The highest BCUT2D eigenvalue weighted by Gasteiger charge is 2.14. The Hall–Kier alpha value is -1.39. The Morgan fingerprint density at radius 1 is 1.38 bits per heavy atom. The molecule has 2 aromatic rings. The van der Waals surface area contributed by atoms with E-state index in [0.717, 1.165) is 4.88 Å². The summed E-state index contributed by atoms with van der Waals surface area (Å²) in [4.78, 5) is 0.948. The van der Waals surface area contributed by atoms with Crippen molar-refractivity contribution in [3.8, 4) is 5.75 Å². The Labute approximate surface area is 97.5 Å². The lowest BCUT2D eigenvalue weighted by Gasteiger charge is -2.11. The zero-order chi connectivity index (χ0) is 11.5. The molecule has 1 aromatic carbocycles. The molecule has 0 aliphatic heterocycles. The standard InChI is InChI=1S/C12H12FNOS/c1-15-8-4-5-9(10(13)7-8)12(14)11-3-2-6-16-11/h2-7,12H,14H2,1H3/t12-/m0/s1. The Morgan fingerprint density at radius 3 is 2.75 bits per heavy atom. The number of hydrogen-bond donors (Lipinski definition) is 1. The number of rotatable bonds is 3. The number of nitrogens with two attached hydrogens (primary N) is 1. The highest BCUT2D eigenvalue weighted by molar-refractivity contribution is 7.10. The molecule has 0 fully saturated rings. The minimum atomic E-state index is -0.411. The second-order valence-electron chi connectivity index (χ2n) is 3.38. The molecule has 16 heavy (non-hydrogen) atoms. The van der Waals surface area contributed by atoms with Gasteiger partial charge in [-0.25, -0.2) is 4.39 Å². The molecule has 84 valence electrons. The summed E-state index contributed by atoms with van der Waals surface area (Å²) in [5.74, 6) is 0.167. The average molecular weight is 237 g/mol. The van der Waals surface area contributed by atoms with Crippen LogP contribution in [0.4, 0.5) is 4.39 Å². The minimum absolute atomic E-state index is 0.333. The van der Waals surface area contributed by atoms with Crippen molar-refractivity contribution in [2.45, 2.75) is 6.04 Å². The van der Waals surface area contributed by atoms with Gasteiger partial charge in [0.25, 0.3) is 0 Å². The lowest BCUT2D eigenvalue weighted by Crippen LogP contribution is -2.12. The fourth-order valence-electron chi connectivity index (χ4n) is 1.51. The van der Waals surface area contributed by atoms with Crippen LogP contribution in [0.15, 0.2) is 35.7 Å². The number of methoxy groups -OCH3 is 1. The fourth-order valence-corrected chi connectivity index (χ4v) is 2.25. The van der Waals surface area contributed by atoms with Crippen molar-refractivity contribution >= 4 is 11.3 Å². The van der Waals surface area contributed by atoms with E-state index in [1.54, 1.807) is 12.1 Å². The summed E-state index contributed by atoms with van der Waals surface area (Å²) >= 11 is 1.52. The van der Waals surface area contributed by atoms with Gasteiger partial charge in [0, 0.05) is 16.5 Å². The molecule has 0 amide bonds. The lowest BCUT2D eigenvalue weighted by atomic mass is 10.1. The molecule has 2 N–H and O–H groups in total. The Balaban J connectivity index is 2.34. The van der Waals surface area contributed by atoms with Crippen molar-refractivity contribution in [1.29, 1.82) is 0 Å². The van der Waals surface area contributed by atoms with Crippen LogP contribution >= 0.6 is 11.3 Å². The molecule has 1 heterocycles. The number of ether oxygens (including phenoxy) is 1. The van der Waals surface area contributed by atoms with Crippen molar-refractivity contribution in [2.24, 2.45) is 5.73 Å². The number of benzene rings is 1. The van der Waals surface area contributed by atoms with Gasteiger partial charge >= 0.3 is 0 Å². The first-order chi connectivity index (χ1) is 7.72. The van der Waals surface area contributed by atoms with Gasteiger partial charge in [-0.2, -0.15) is 0 Å². The summed E-state index contributed by atoms with van der Waals surface area (Å²) in [6.45, 7) is 0. The normalized spacial score (nSPS) is 12.4. The van der Waals surface area contributed by atoms with Gasteiger partial charge in [-0.3, -0.25) is 0 Å². The number of thiophene rings is 1. The van der Waals surface area contributed by atoms with Crippen molar-refractivity contribution in [3.63, 3.8) is 0 Å². The van der Waals surface area contributed by atoms with Gasteiger partial charge in [-0.15, -0.1) is 11.3 Å². The highest BCUT2D eigenvalue weighted by Crippen LogP contribution is 2.27. The first kappa shape index (κ1) is 11.1. The third kappa shape index (κ3) is 2.08. The Kier molecular flexibility index (Phi) is 3.22. The second kappa shape index (κ2) is 4.63. The average Bonchev–Trinajstić information content (AvgIpc) is 2.81. The molecule has 4 heteroatoms. The quantitative estimate of drug-likeness (QED) is 0.890. The molecule has 2 rings (SSSR count). The van der Waals surface area contributed by atoms with E-state index >= 15 is 0 Å². The Bertz CT molecular complexity index is 470. The number of halogens is 1. The van der Waals surface area contributed by atoms with Crippen molar-refractivity contribution in [2.75, 3.05) is 7.11 Å². The van der Waals surface area contributed by atoms with Crippen LogP contribution in [-0.4, -0.2) is 7.11 Å². The van der Waals surface area contributed by atoms with Crippen molar-refractivity contribution < 1.29 is 9.13 Å². The third-order valence-corrected chi connectivity index (χ3v) is 3.35. The van der Waals surface area contributed by atoms with E-state index in [2.05, 4.69) is 0 Å². The summed E-state index contributed by atoms with van der Waals surface area (Å²) in [6, 6.07) is 8.12. The van der Waals surface area contributed by atoms with Crippen LogP contribution in [0.3, 0.4) is 0 Å². The number of hydrogen-bond acceptors (Lipinski definition) is 3. The zero-order valence-corrected chi connectivity index (χ0v) is 9.63. The molecule has 0 saturated heterocycles. The van der Waals surface area contributed by atoms with Crippen molar-refractivity contribution in [3.05, 3.63) is 52.0 Å². The van der Waals surface area contributed by atoms with E-state index in [4.69, 9.17) is 10.5 Å². The van der Waals surface area contributed by atoms with Gasteiger partial charge in [-0.1, -0.05) is 12.1 Å². The van der Waals surface area contributed by atoms with Gasteiger partial charge in [0.1, 0.15) is 11.6 Å². The summed E-state index contributed by atoms with van der Waals surface area (Å²) in [7, 11) is 1.51. The maximum Gasteiger partial charge on any atom is 0.132 e.